The summed E-state index contributed by atoms with van der Waals surface area (Å²) < 4.78 is 14.2. The second kappa shape index (κ2) is 13.1. The number of benzene rings is 2. The van der Waals surface area contributed by atoms with E-state index in [4.69, 9.17) is 15.2 Å². The molecule has 8 heterocycles. The second-order valence-corrected chi connectivity index (χ2v) is 21.2. The minimum absolute atomic E-state index is 0.114. The van der Waals surface area contributed by atoms with Crippen LogP contribution in [-0.2, 0) is 45.6 Å². The van der Waals surface area contributed by atoms with Crippen molar-refractivity contribution in [2.75, 3.05) is 32.7 Å². The van der Waals surface area contributed by atoms with Gasteiger partial charge in [-0.25, -0.2) is 4.79 Å². The van der Waals surface area contributed by atoms with Crippen LogP contribution in [0.4, 0.5) is 0 Å². The number of carbonyl (C=O) groups excluding carboxylic acids is 2. The van der Waals surface area contributed by atoms with Crippen LogP contribution < -0.4 is 5.73 Å². The molecule has 314 valence electrons. The van der Waals surface area contributed by atoms with E-state index in [1.807, 2.05) is 0 Å². The number of allylic oxidation sites excluding steroid dienone is 4. The van der Waals surface area contributed by atoms with Gasteiger partial charge in [0.1, 0.15) is 11.2 Å². The molecule has 0 amide bonds. The van der Waals surface area contributed by atoms with Gasteiger partial charge in [-0.3, -0.25) is 9.69 Å². The molecule has 7 nitrogen and oxygen atoms in total. The summed E-state index contributed by atoms with van der Waals surface area (Å²) in [5.74, 6) is 9.93. The summed E-state index contributed by atoms with van der Waals surface area (Å²) in [6.07, 6.45) is 17.9. The molecule has 12 atom stereocenters. The molecule has 2 aromatic carbocycles. The summed E-state index contributed by atoms with van der Waals surface area (Å²) in [6.45, 7) is 9.75. The number of hydrogen-bond acceptors (Lipinski definition) is 7. The molecule has 0 aromatic heterocycles. The lowest BCUT2D eigenvalue weighted by molar-refractivity contribution is -0.275. The Hall–Kier alpha value is -4.38. The van der Waals surface area contributed by atoms with Crippen LogP contribution in [0.1, 0.15) is 103 Å². The zero-order chi connectivity index (χ0) is 41.0. The number of hydrogen-bond donors (Lipinski definition) is 1. The number of fused-ring (bicyclic) bond motifs is 5. The highest BCUT2D eigenvalue weighted by Gasteiger charge is 2.92. The highest BCUT2D eigenvalue weighted by Crippen LogP contribution is 2.87. The number of ether oxygens (including phenoxy) is 2. The summed E-state index contributed by atoms with van der Waals surface area (Å²) in [5, 5.41) is 0. The average molecular weight is 814 g/mol. The van der Waals surface area contributed by atoms with Crippen LogP contribution in [0.15, 0.2) is 82.8 Å². The summed E-state index contributed by atoms with van der Waals surface area (Å²) in [6, 6.07) is 13.9. The summed E-state index contributed by atoms with van der Waals surface area (Å²) in [7, 11) is 0. The van der Waals surface area contributed by atoms with E-state index in [1.165, 1.54) is 45.5 Å². The number of nitrogens with two attached hydrogens (primary N) is 1. The Morgan fingerprint density at radius 1 is 1.00 bits per heavy atom. The Bertz CT molecular complexity index is 2500. The van der Waals surface area contributed by atoms with Gasteiger partial charge in [0, 0.05) is 67.7 Å². The zero-order valence-corrected chi connectivity index (χ0v) is 35.9. The molecule has 3 spiro atoms. The van der Waals surface area contributed by atoms with E-state index >= 15 is 4.79 Å². The van der Waals surface area contributed by atoms with Gasteiger partial charge in [-0.2, -0.15) is 0 Å². The molecule has 14 aliphatic rings. The summed E-state index contributed by atoms with van der Waals surface area (Å²) in [4.78, 5) is 36.2. The quantitative estimate of drug-likeness (QED) is 0.249. The zero-order valence-electron chi connectivity index (χ0n) is 35.9. The molecule has 1 saturated carbocycles. The largest absolute Gasteiger partial charge is 0.449 e. The molecule has 16 rings (SSSR count). The van der Waals surface area contributed by atoms with Gasteiger partial charge in [-0.15, -0.1) is 0 Å². The SMILES string of the molecule is C[C@H]1[C@@H]2C3=CC4=C5CC[C@@]67/C8=C\C[C@H](C)N9C[C@@H]%10C[C@@H](CN(C%10)C(=C[C@@H]1C#CCc1ccc(cc1C3)CCCC[C@@H]([C@]46C(=O)O8)[C@@]71OC(=O)c3c(CCCN)cccc31)[C@@H]52)C9. The van der Waals surface area contributed by atoms with E-state index in [0.29, 0.717) is 42.3 Å². The number of rotatable bonds is 3. The number of aryl methyl sites for hydroxylation is 2. The topological polar surface area (TPSA) is 85.1 Å². The summed E-state index contributed by atoms with van der Waals surface area (Å²) >= 11 is 0. The Morgan fingerprint density at radius 2 is 1.87 bits per heavy atom. The van der Waals surface area contributed by atoms with Crippen molar-refractivity contribution in [1.29, 1.82) is 0 Å². The fraction of sp³-hybridized carbons (Fsp3) is 0.556. The standard InChI is InChI=1S/C54H59N3O4/c1-31-15-18-46-52-20-19-41-43-25-40-24-39-23-33(8-3-4-14-45(53(43,52)51(59)60-46)54(52)42-13-6-10-37(12-7-21-55)48(42)50(58)61-54)16-17-36(39)9-5-11-38-26-44(49(41)47(40)32(38)2)57-29-34-22-35(30-57)28-56(31)27-34/h6,10,13,16-18,23,25-26,31-32,34-35,38,45,47,49H,3-4,7-9,12,14-15,19-22,24,27-30,55H2,1-2H3/b46-18+/t31-,32+,34-,35+,38-,45-,47+,49+,52+,53-,54+/m0/s1. The van der Waals surface area contributed by atoms with Crippen molar-refractivity contribution in [3.05, 3.63) is 116 Å². The monoisotopic (exact) mass is 813 g/mol. The van der Waals surface area contributed by atoms with Crippen molar-refractivity contribution >= 4 is 11.9 Å². The predicted molar refractivity (Wildman–Crippen MR) is 234 cm³/mol. The highest BCUT2D eigenvalue weighted by molar-refractivity contribution is 6.00. The highest BCUT2D eigenvalue weighted by atomic mass is 16.6. The van der Waals surface area contributed by atoms with Gasteiger partial charge in [0.15, 0.2) is 5.60 Å². The van der Waals surface area contributed by atoms with Crippen LogP contribution in [0.3, 0.4) is 0 Å². The number of carbonyl (C=O) groups is 2. The Labute approximate surface area is 360 Å². The Kier molecular flexibility index (Phi) is 7.98. The molecular weight excluding hydrogens is 755 g/mol. The van der Waals surface area contributed by atoms with Crippen molar-refractivity contribution in [3.8, 4) is 11.8 Å². The smallest absolute Gasteiger partial charge is 0.339 e. The first kappa shape index (κ1) is 37.2. The van der Waals surface area contributed by atoms with E-state index in [2.05, 4.69) is 90.1 Å². The minimum atomic E-state index is -1.01. The average Bonchev–Trinajstić information content (AvgIpc) is 3.70. The fourth-order valence-corrected chi connectivity index (χ4v) is 16.1. The molecule has 8 aliphatic heterocycles. The van der Waals surface area contributed by atoms with E-state index < -0.39 is 16.4 Å². The molecule has 6 aliphatic carbocycles. The van der Waals surface area contributed by atoms with Crippen LogP contribution in [0, 0.1) is 64.1 Å². The fourth-order valence-electron chi connectivity index (χ4n) is 16.1. The molecule has 2 aromatic rings. The van der Waals surface area contributed by atoms with Crippen LogP contribution in [0.25, 0.3) is 0 Å². The second-order valence-electron chi connectivity index (χ2n) is 21.2. The van der Waals surface area contributed by atoms with Crippen LogP contribution in [-0.4, -0.2) is 60.5 Å². The van der Waals surface area contributed by atoms with Gasteiger partial charge in [0.05, 0.1) is 11.0 Å². The Balaban J connectivity index is 1.12. The molecule has 1 unspecified atom stereocenters. The number of esters is 2. The van der Waals surface area contributed by atoms with Gasteiger partial charge < -0.3 is 20.1 Å². The molecule has 7 heteroatoms. The normalized spacial score (nSPS) is 41.4. The van der Waals surface area contributed by atoms with Crippen LogP contribution in [0.5, 0.6) is 0 Å². The minimum Gasteiger partial charge on any atom is -0.449 e. The van der Waals surface area contributed by atoms with Crippen molar-refractivity contribution < 1.29 is 19.1 Å². The molecule has 61 heavy (non-hydrogen) atoms. The third-order valence-electron chi connectivity index (χ3n) is 18.4. The maximum absolute atomic E-state index is 15.9. The number of piperidine rings is 2. The predicted octanol–water partition coefficient (Wildman–Crippen LogP) is 7.97. The van der Waals surface area contributed by atoms with Crippen LogP contribution in [0.2, 0.25) is 0 Å². The Morgan fingerprint density at radius 3 is 2.72 bits per heavy atom. The van der Waals surface area contributed by atoms with Gasteiger partial charge in [0.25, 0.3) is 0 Å². The van der Waals surface area contributed by atoms with Crippen LogP contribution >= 0.6 is 0 Å². The molecule has 0 radical (unpaired) electrons. The van der Waals surface area contributed by atoms with Gasteiger partial charge in [-0.05, 0) is 141 Å². The van der Waals surface area contributed by atoms with Gasteiger partial charge in [-0.1, -0.05) is 78.8 Å². The van der Waals surface area contributed by atoms with E-state index in [-0.39, 0.29) is 35.6 Å². The lowest BCUT2D eigenvalue weighted by Crippen LogP contribution is -2.77. The molecule has 2 N–H and O–H groups in total. The third-order valence-corrected chi connectivity index (χ3v) is 18.4. The van der Waals surface area contributed by atoms with Gasteiger partial charge in [0.2, 0.25) is 0 Å². The molecular formula is C54H59N3O4. The lowest BCUT2D eigenvalue weighted by atomic mass is 9.29. The van der Waals surface area contributed by atoms with Gasteiger partial charge >= 0.3 is 11.9 Å². The molecule has 15 bridgehead atoms. The van der Waals surface area contributed by atoms with Crippen molar-refractivity contribution in [3.63, 3.8) is 0 Å². The van der Waals surface area contributed by atoms with E-state index in [0.717, 1.165) is 107 Å². The molecule has 3 saturated heterocycles. The van der Waals surface area contributed by atoms with Crippen molar-refractivity contribution in [2.24, 2.45) is 58.0 Å². The lowest BCUT2D eigenvalue weighted by Gasteiger charge is -2.71. The molecule has 4 fully saturated rings. The first-order chi connectivity index (χ1) is 29.8. The maximum atomic E-state index is 15.9. The van der Waals surface area contributed by atoms with Crippen molar-refractivity contribution in [2.45, 2.75) is 103 Å². The summed E-state index contributed by atoms with van der Waals surface area (Å²) in [5.41, 5.74) is 15.7. The van der Waals surface area contributed by atoms with Crippen molar-refractivity contribution in [1.82, 2.24) is 9.80 Å². The third kappa shape index (κ3) is 4.64. The van der Waals surface area contributed by atoms with E-state index in [1.54, 1.807) is 0 Å². The first-order valence-electron chi connectivity index (χ1n) is 24.0. The maximum Gasteiger partial charge on any atom is 0.339 e. The number of nitrogens with zero attached hydrogens (tertiary/aromatic N) is 2. The van der Waals surface area contributed by atoms with E-state index in [9.17, 15) is 4.79 Å². The first-order valence-corrected chi connectivity index (χ1v) is 24.0.